The van der Waals surface area contributed by atoms with Crippen molar-refractivity contribution in [2.75, 3.05) is 38.3 Å². The summed E-state index contributed by atoms with van der Waals surface area (Å²) >= 11 is 0. The molecule has 0 bridgehead atoms. The van der Waals surface area contributed by atoms with E-state index < -0.39 is 0 Å². The van der Waals surface area contributed by atoms with Gasteiger partial charge in [0.15, 0.2) is 5.82 Å². The quantitative estimate of drug-likeness (QED) is 0.729. The maximum Gasteiger partial charge on any atom is 0.161 e. The molecular formula is C17H17N5O2. The van der Waals surface area contributed by atoms with Gasteiger partial charge in [0.25, 0.3) is 0 Å². The Morgan fingerprint density at radius 2 is 1.67 bits per heavy atom. The van der Waals surface area contributed by atoms with Crippen molar-refractivity contribution in [3.8, 4) is 17.0 Å². The lowest BCUT2D eigenvalue weighted by molar-refractivity contribution is 0.122. The van der Waals surface area contributed by atoms with Gasteiger partial charge in [-0.15, -0.1) is 10.2 Å². The number of methoxy groups -OCH3 is 1. The predicted octanol–water partition coefficient (Wildman–Crippen LogP) is 1.93. The number of aromatic nitrogens is 4. The van der Waals surface area contributed by atoms with Crippen LogP contribution in [0.4, 0.5) is 5.82 Å². The fraction of sp³-hybridized carbons (Fsp3) is 0.294. The number of benzene rings is 1. The molecule has 0 unspecified atom stereocenters. The first-order valence-corrected chi connectivity index (χ1v) is 7.81. The number of rotatable bonds is 3. The lowest BCUT2D eigenvalue weighted by Crippen LogP contribution is -2.37. The first-order valence-electron chi connectivity index (χ1n) is 7.81. The largest absolute Gasteiger partial charge is 0.497 e. The number of anilines is 1. The van der Waals surface area contributed by atoms with Crippen molar-refractivity contribution < 1.29 is 9.47 Å². The van der Waals surface area contributed by atoms with E-state index in [0.29, 0.717) is 13.2 Å². The van der Waals surface area contributed by atoms with Crippen LogP contribution in [0.2, 0.25) is 0 Å². The van der Waals surface area contributed by atoms with Crippen molar-refractivity contribution in [1.29, 1.82) is 0 Å². The topological polar surface area (TPSA) is 73.3 Å². The van der Waals surface area contributed by atoms with Crippen molar-refractivity contribution in [2.24, 2.45) is 0 Å². The smallest absolute Gasteiger partial charge is 0.161 e. The molecule has 122 valence electrons. The van der Waals surface area contributed by atoms with Gasteiger partial charge >= 0.3 is 0 Å². The summed E-state index contributed by atoms with van der Waals surface area (Å²) in [7, 11) is 1.65. The molecule has 2 aromatic heterocycles. The standard InChI is InChI=1S/C17H17N5O2/c1-23-13-4-2-12(3-5-13)16-14-10-18-19-11-15(14)17(21-20-16)22-6-8-24-9-7-22/h2-5,10-11H,6-9H2,1H3. The molecule has 24 heavy (non-hydrogen) atoms. The predicted molar refractivity (Wildman–Crippen MR) is 90.1 cm³/mol. The highest BCUT2D eigenvalue weighted by molar-refractivity contribution is 5.99. The van der Waals surface area contributed by atoms with Crippen molar-refractivity contribution in [3.05, 3.63) is 36.7 Å². The molecule has 0 spiro atoms. The lowest BCUT2D eigenvalue weighted by Gasteiger charge is -2.28. The van der Waals surface area contributed by atoms with Crippen molar-refractivity contribution in [3.63, 3.8) is 0 Å². The minimum atomic E-state index is 0.696. The van der Waals surface area contributed by atoms with E-state index in [1.807, 2.05) is 24.3 Å². The SMILES string of the molecule is COc1ccc(-c2nnc(N3CCOCC3)c3cnncc23)cc1. The molecular weight excluding hydrogens is 306 g/mol. The van der Waals surface area contributed by atoms with Crippen molar-refractivity contribution >= 4 is 16.6 Å². The van der Waals surface area contributed by atoms with Gasteiger partial charge in [-0.1, -0.05) is 0 Å². The van der Waals surface area contributed by atoms with Crippen LogP contribution in [0.15, 0.2) is 36.7 Å². The van der Waals surface area contributed by atoms with Crippen LogP contribution in [0.25, 0.3) is 22.0 Å². The van der Waals surface area contributed by atoms with Crippen LogP contribution >= 0.6 is 0 Å². The van der Waals surface area contributed by atoms with Gasteiger partial charge in [-0.2, -0.15) is 10.2 Å². The number of ether oxygens (including phenoxy) is 2. The molecule has 0 N–H and O–H groups in total. The van der Waals surface area contributed by atoms with E-state index in [1.165, 1.54) is 0 Å². The van der Waals surface area contributed by atoms with Crippen LogP contribution in [0.3, 0.4) is 0 Å². The third-order valence-electron chi connectivity index (χ3n) is 4.15. The molecule has 0 radical (unpaired) electrons. The molecule has 3 heterocycles. The Bertz CT molecular complexity index is 847. The fourth-order valence-corrected chi connectivity index (χ4v) is 2.86. The summed E-state index contributed by atoms with van der Waals surface area (Å²) in [5, 5.41) is 18.9. The van der Waals surface area contributed by atoms with E-state index in [-0.39, 0.29) is 0 Å². The van der Waals surface area contributed by atoms with Gasteiger partial charge in [-0.25, -0.2) is 0 Å². The fourth-order valence-electron chi connectivity index (χ4n) is 2.86. The number of morpholine rings is 1. The molecule has 1 aliphatic heterocycles. The van der Waals surface area contributed by atoms with E-state index >= 15 is 0 Å². The molecule has 0 saturated carbocycles. The van der Waals surface area contributed by atoms with Gasteiger partial charge in [-0.3, -0.25) is 0 Å². The summed E-state index contributed by atoms with van der Waals surface area (Å²) in [6.45, 7) is 2.99. The summed E-state index contributed by atoms with van der Waals surface area (Å²) in [5.41, 5.74) is 1.76. The number of hydrogen-bond acceptors (Lipinski definition) is 7. The normalized spacial score (nSPS) is 14.8. The Kier molecular flexibility index (Phi) is 3.92. The van der Waals surface area contributed by atoms with Gasteiger partial charge in [0.2, 0.25) is 0 Å². The number of fused-ring (bicyclic) bond motifs is 1. The average Bonchev–Trinajstić information content (AvgIpc) is 2.68. The first kappa shape index (κ1) is 14.8. The Hall–Kier alpha value is -2.80. The van der Waals surface area contributed by atoms with Gasteiger partial charge in [0.1, 0.15) is 11.4 Å². The number of nitrogens with zero attached hydrogens (tertiary/aromatic N) is 5. The van der Waals surface area contributed by atoms with Crippen LogP contribution in [0.1, 0.15) is 0 Å². The lowest BCUT2D eigenvalue weighted by atomic mass is 10.1. The summed E-state index contributed by atoms with van der Waals surface area (Å²) in [6.07, 6.45) is 3.50. The minimum absolute atomic E-state index is 0.696. The zero-order valence-electron chi connectivity index (χ0n) is 13.3. The average molecular weight is 323 g/mol. The Morgan fingerprint density at radius 1 is 0.958 bits per heavy atom. The van der Waals surface area contributed by atoms with Crippen LogP contribution in [0, 0.1) is 0 Å². The van der Waals surface area contributed by atoms with Crippen molar-refractivity contribution in [1.82, 2.24) is 20.4 Å². The van der Waals surface area contributed by atoms with E-state index in [1.54, 1.807) is 19.5 Å². The second kappa shape index (κ2) is 6.37. The highest BCUT2D eigenvalue weighted by Crippen LogP contribution is 2.31. The molecule has 0 atom stereocenters. The molecule has 1 saturated heterocycles. The Morgan fingerprint density at radius 3 is 2.38 bits per heavy atom. The van der Waals surface area contributed by atoms with Crippen molar-refractivity contribution in [2.45, 2.75) is 0 Å². The maximum atomic E-state index is 5.42. The van der Waals surface area contributed by atoms with Gasteiger partial charge in [0, 0.05) is 24.0 Å². The Balaban J connectivity index is 1.82. The zero-order valence-corrected chi connectivity index (χ0v) is 13.3. The zero-order chi connectivity index (χ0) is 16.4. The van der Waals surface area contributed by atoms with E-state index in [9.17, 15) is 0 Å². The highest BCUT2D eigenvalue weighted by atomic mass is 16.5. The van der Waals surface area contributed by atoms with Gasteiger partial charge in [0.05, 0.1) is 38.1 Å². The molecule has 4 rings (SSSR count). The molecule has 1 aliphatic rings. The third kappa shape index (κ3) is 2.63. The maximum absolute atomic E-state index is 5.42. The molecule has 7 heteroatoms. The van der Waals surface area contributed by atoms with Gasteiger partial charge < -0.3 is 14.4 Å². The molecule has 1 fully saturated rings. The van der Waals surface area contributed by atoms with Crippen LogP contribution in [-0.4, -0.2) is 53.8 Å². The van der Waals surface area contributed by atoms with E-state index in [2.05, 4.69) is 25.3 Å². The molecule has 0 amide bonds. The monoisotopic (exact) mass is 323 g/mol. The second-order valence-electron chi connectivity index (χ2n) is 5.52. The number of hydrogen-bond donors (Lipinski definition) is 0. The third-order valence-corrected chi connectivity index (χ3v) is 4.15. The summed E-state index contributed by atoms with van der Waals surface area (Å²) in [6, 6.07) is 7.76. The summed E-state index contributed by atoms with van der Waals surface area (Å²) < 4.78 is 10.6. The second-order valence-corrected chi connectivity index (χ2v) is 5.52. The van der Waals surface area contributed by atoms with Gasteiger partial charge in [-0.05, 0) is 24.3 Å². The van der Waals surface area contributed by atoms with Crippen LogP contribution in [-0.2, 0) is 4.74 Å². The van der Waals surface area contributed by atoms with E-state index in [4.69, 9.17) is 9.47 Å². The Labute approximate surface area is 139 Å². The molecule has 7 nitrogen and oxygen atoms in total. The highest BCUT2D eigenvalue weighted by Gasteiger charge is 2.18. The minimum Gasteiger partial charge on any atom is -0.497 e. The van der Waals surface area contributed by atoms with E-state index in [0.717, 1.165) is 46.7 Å². The van der Waals surface area contributed by atoms with Crippen LogP contribution < -0.4 is 9.64 Å². The first-order chi connectivity index (χ1) is 11.9. The molecule has 0 aliphatic carbocycles. The summed E-state index contributed by atoms with van der Waals surface area (Å²) in [5.74, 6) is 1.64. The summed E-state index contributed by atoms with van der Waals surface area (Å²) in [4.78, 5) is 2.18. The van der Waals surface area contributed by atoms with Crippen LogP contribution in [0.5, 0.6) is 5.75 Å². The molecule has 1 aromatic carbocycles. The molecule has 3 aromatic rings.